The maximum Gasteiger partial charge on any atom is 0.340 e. The first-order valence-corrected chi connectivity index (χ1v) is 8.30. The topological polar surface area (TPSA) is 78.4 Å². The number of esters is 1. The summed E-state index contributed by atoms with van der Waals surface area (Å²) in [4.78, 5) is 17.3. The Morgan fingerprint density at radius 3 is 3.05 bits per heavy atom. The average Bonchev–Trinajstić information content (AvgIpc) is 3.17. The second-order valence-electron chi connectivity index (χ2n) is 4.43. The Morgan fingerprint density at radius 1 is 1.41 bits per heavy atom. The molecular formula is C15H11IN2O3S. The number of hydrogen-bond acceptors (Lipinski definition) is 6. The number of ether oxygens (including phenoxy) is 1. The zero-order valence-corrected chi connectivity index (χ0v) is 14.3. The molecule has 0 spiro atoms. The van der Waals surface area contributed by atoms with Gasteiger partial charge in [-0.05, 0) is 52.2 Å². The van der Waals surface area contributed by atoms with Crippen LogP contribution in [-0.4, -0.2) is 11.0 Å². The minimum Gasteiger partial charge on any atom is -0.455 e. The number of rotatable bonds is 4. The van der Waals surface area contributed by atoms with Crippen LogP contribution in [0.25, 0.3) is 10.8 Å². The second-order valence-corrected chi connectivity index (χ2v) is 6.62. The molecule has 3 rings (SSSR count). The Bertz CT molecular complexity index is 799. The average molecular weight is 426 g/mol. The zero-order valence-electron chi connectivity index (χ0n) is 11.3. The maximum absolute atomic E-state index is 12.1. The van der Waals surface area contributed by atoms with Gasteiger partial charge in [0.05, 0.1) is 10.4 Å². The summed E-state index contributed by atoms with van der Waals surface area (Å²) in [6, 6.07) is 9.04. The summed E-state index contributed by atoms with van der Waals surface area (Å²) in [5.41, 5.74) is 7.10. The molecule has 0 unspecified atom stereocenters. The quantitative estimate of drug-likeness (QED) is 0.389. The number of nitrogens with two attached hydrogens (primary N) is 1. The summed E-state index contributed by atoms with van der Waals surface area (Å²) < 4.78 is 11.5. The van der Waals surface area contributed by atoms with E-state index in [9.17, 15) is 4.79 Å². The normalized spacial score (nSPS) is 10.6. The van der Waals surface area contributed by atoms with Gasteiger partial charge in [0.2, 0.25) is 5.89 Å². The summed E-state index contributed by atoms with van der Waals surface area (Å²) in [5.74, 6) is 0.0477. The van der Waals surface area contributed by atoms with Gasteiger partial charge >= 0.3 is 5.97 Å². The van der Waals surface area contributed by atoms with E-state index in [0.29, 0.717) is 22.8 Å². The predicted octanol–water partition coefficient (Wildman–Crippen LogP) is 3.95. The lowest BCUT2D eigenvalue weighted by Gasteiger charge is -2.06. The fourth-order valence-corrected chi connectivity index (χ4v) is 2.96. The second kappa shape index (κ2) is 6.49. The van der Waals surface area contributed by atoms with Crippen molar-refractivity contribution in [2.24, 2.45) is 0 Å². The highest BCUT2D eigenvalue weighted by molar-refractivity contribution is 14.1. The summed E-state index contributed by atoms with van der Waals surface area (Å²) in [5, 5.41) is 1.94. The van der Waals surface area contributed by atoms with Crippen molar-refractivity contribution in [1.29, 1.82) is 0 Å². The number of oxazole rings is 1. The number of nitrogens with zero attached hydrogens (tertiary/aromatic N) is 1. The minimum atomic E-state index is -0.475. The number of anilines is 1. The molecule has 0 aliphatic heterocycles. The van der Waals surface area contributed by atoms with Gasteiger partial charge in [-0.15, -0.1) is 11.3 Å². The molecule has 0 aliphatic carbocycles. The Balaban J connectivity index is 1.67. The maximum atomic E-state index is 12.1. The van der Waals surface area contributed by atoms with E-state index in [1.54, 1.807) is 12.1 Å². The highest BCUT2D eigenvalue weighted by Gasteiger charge is 2.14. The van der Waals surface area contributed by atoms with Crippen LogP contribution in [0.4, 0.5) is 5.69 Å². The van der Waals surface area contributed by atoms with Gasteiger partial charge in [0, 0.05) is 9.26 Å². The predicted molar refractivity (Wildman–Crippen MR) is 92.5 cm³/mol. The standard InChI is InChI=1S/C15H11IN2O3S/c16-9-3-4-12(17)11(6-9)15(19)21-8-10-7-20-14(18-10)13-2-1-5-22-13/h1-7H,8,17H2. The molecule has 112 valence electrons. The van der Waals surface area contributed by atoms with Gasteiger partial charge in [-0.3, -0.25) is 0 Å². The van der Waals surface area contributed by atoms with Crippen LogP contribution in [0.2, 0.25) is 0 Å². The van der Waals surface area contributed by atoms with Gasteiger partial charge in [-0.1, -0.05) is 6.07 Å². The summed E-state index contributed by atoms with van der Waals surface area (Å²) in [7, 11) is 0. The molecule has 7 heteroatoms. The SMILES string of the molecule is Nc1ccc(I)cc1C(=O)OCc1coc(-c2cccs2)n1. The van der Waals surface area contributed by atoms with Crippen molar-refractivity contribution < 1.29 is 13.9 Å². The number of halogens is 1. The molecule has 0 bridgehead atoms. The van der Waals surface area contributed by atoms with E-state index in [1.165, 1.54) is 17.6 Å². The van der Waals surface area contributed by atoms with E-state index in [1.807, 2.05) is 23.6 Å². The molecule has 0 atom stereocenters. The lowest BCUT2D eigenvalue weighted by atomic mass is 10.2. The lowest BCUT2D eigenvalue weighted by Crippen LogP contribution is -2.08. The number of carbonyl (C=O) groups is 1. The number of carbonyl (C=O) groups excluding carboxylic acids is 1. The van der Waals surface area contributed by atoms with Crippen LogP contribution >= 0.6 is 33.9 Å². The van der Waals surface area contributed by atoms with Crippen LogP contribution in [0.15, 0.2) is 46.4 Å². The van der Waals surface area contributed by atoms with E-state index in [4.69, 9.17) is 14.9 Å². The third-order valence-electron chi connectivity index (χ3n) is 2.87. The van der Waals surface area contributed by atoms with Crippen LogP contribution in [0.5, 0.6) is 0 Å². The Hall–Kier alpha value is -1.87. The third-order valence-corrected chi connectivity index (χ3v) is 4.40. The van der Waals surface area contributed by atoms with Gasteiger partial charge in [0.25, 0.3) is 0 Å². The highest BCUT2D eigenvalue weighted by Crippen LogP contribution is 2.24. The van der Waals surface area contributed by atoms with E-state index in [-0.39, 0.29) is 6.61 Å². The van der Waals surface area contributed by atoms with Crippen LogP contribution in [0.1, 0.15) is 16.1 Å². The molecule has 5 nitrogen and oxygen atoms in total. The van der Waals surface area contributed by atoms with Gasteiger partial charge < -0.3 is 14.9 Å². The van der Waals surface area contributed by atoms with E-state index in [0.717, 1.165) is 8.45 Å². The first-order valence-electron chi connectivity index (χ1n) is 6.34. The monoisotopic (exact) mass is 426 g/mol. The molecule has 1 aromatic carbocycles. The van der Waals surface area contributed by atoms with E-state index < -0.39 is 5.97 Å². The highest BCUT2D eigenvalue weighted by atomic mass is 127. The fourth-order valence-electron chi connectivity index (χ4n) is 1.81. The van der Waals surface area contributed by atoms with Crippen LogP contribution < -0.4 is 5.73 Å². The van der Waals surface area contributed by atoms with Crippen molar-refractivity contribution >= 4 is 45.6 Å². The molecule has 0 amide bonds. The Labute approximate surface area is 144 Å². The fraction of sp³-hybridized carbons (Fsp3) is 0.0667. The molecule has 2 heterocycles. The van der Waals surface area contributed by atoms with Crippen molar-refractivity contribution in [3.8, 4) is 10.8 Å². The molecule has 0 aliphatic rings. The van der Waals surface area contributed by atoms with E-state index in [2.05, 4.69) is 27.6 Å². The largest absolute Gasteiger partial charge is 0.455 e. The molecule has 0 saturated heterocycles. The van der Waals surface area contributed by atoms with Crippen molar-refractivity contribution in [2.45, 2.75) is 6.61 Å². The van der Waals surface area contributed by atoms with Crippen LogP contribution in [0, 0.1) is 3.57 Å². The smallest absolute Gasteiger partial charge is 0.340 e. The number of nitrogen functional groups attached to an aromatic ring is 1. The van der Waals surface area contributed by atoms with Crippen LogP contribution in [0.3, 0.4) is 0 Å². The molecule has 0 radical (unpaired) electrons. The number of hydrogen-bond donors (Lipinski definition) is 1. The van der Waals surface area contributed by atoms with Crippen molar-refractivity contribution in [3.63, 3.8) is 0 Å². The molecule has 3 aromatic rings. The van der Waals surface area contributed by atoms with Gasteiger partial charge in [-0.25, -0.2) is 9.78 Å². The molecule has 0 saturated carbocycles. The molecule has 2 N–H and O–H groups in total. The van der Waals surface area contributed by atoms with Crippen molar-refractivity contribution in [2.75, 3.05) is 5.73 Å². The first-order chi connectivity index (χ1) is 10.6. The lowest BCUT2D eigenvalue weighted by molar-refractivity contribution is 0.0469. The van der Waals surface area contributed by atoms with Gasteiger partial charge in [0.1, 0.15) is 18.6 Å². The molecule has 2 aromatic heterocycles. The third kappa shape index (κ3) is 3.30. The molecular weight excluding hydrogens is 415 g/mol. The number of aromatic nitrogens is 1. The van der Waals surface area contributed by atoms with Crippen molar-refractivity contribution in [3.05, 3.63) is 56.8 Å². The summed E-state index contributed by atoms with van der Waals surface area (Å²) in [6.45, 7) is 0.0403. The zero-order chi connectivity index (χ0) is 15.5. The van der Waals surface area contributed by atoms with Crippen molar-refractivity contribution in [1.82, 2.24) is 4.98 Å². The summed E-state index contributed by atoms with van der Waals surface area (Å²) in [6.07, 6.45) is 1.49. The minimum absolute atomic E-state index is 0.0403. The Kier molecular flexibility index (Phi) is 4.44. The summed E-state index contributed by atoms with van der Waals surface area (Å²) >= 11 is 3.65. The van der Waals surface area contributed by atoms with Gasteiger partial charge in [-0.2, -0.15) is 0 Å². The number of thiophene rings is 1. The van der Waals surface area contributed by atoms with Crippen LogP contribution in [-0.2, 0) is 11.3 Å². The van der Waals surface area contributed by atoms with Gasteiger partial charge in [0.15, 0.2) is 0 Å². The van der Waals surface area contributed by atoms with E-state index >= 15 is 0 Å². The first kappa shape index (κ1) is 15.0. The number of benzene rings is 1. The molecule has 22 heavy (non-hydrogen) atoms. The molecule has 0 fully saturated rings. The Morgan fingerprint density at radius 2 is 2.27 bits per heavy atom.